The van der Waals surface area contributed by atoms with E-state index in [1.165, 1.54) is 22.5 Å². The number of benzene rings is 2. The standard InChI is InChI=1S/C17H18N2O5S/c1-13-5-7-14(8-6-13)17-12-18(9-10-24-17)25(22,23)16-4-2-3-15(11-16)19(20)21/h2-8,11,17H,9-10,12H2,1H3. The van der Waals surface area contributed by atoms with Crippen LogP contribution in [0.25, 0.3) is 0 Å². The molecule has 0 N–H and O–H groups in total. The number of aryl methyl sites for hydroxylation is 1. The molecule has 2 aromatic rings. The van der Waals surface area contributed by atoms with Crippen molar-refractivity contribution in [3.8, 4) is 0 Å². The van der Waals surface area contributed by atoms with Crippen molar-refractivity contribution in [3.63, 3.8) is 0 Å². The summed E-state index contributed by atoms with van der Waals surface area (Å²) in [5.41, 5.74) is 1.77. The second-order valence-electron chi connectivity index (χ2n) is 5.89. The minimum Gasteiger partial charge on any atom is -0.371 e. The van der Waals surface area contributed by atoms with Crippen molar-refractivity contribution in [2.45, 2.75) is 17.9 Å². The van der Waals surface area contributed by atoms with Gasteiger partial charge < -0.3 is 4.74 Å². The Balaban J connectivity index is 1.86. The van der Waals surface area contributed by atoms with Crippen molar-refractivity contribution in [2.24, 2.45) is 0 Å². The Labute approximate surface area is 146 Å². The predicted molar refractivity (Wildman–Crippen MR) is 91.7 cm³/mol. The second kappa shape index (κ2) is 6.91. The second-order valence-corrected chi connectivity index (χ2v) is 7.83. The minimum absolute atomic E-state index is 0.0775. The normalized spacial score (nSPS) is 18.8. The third-order valence-electron chi connectivity index (χ3n) is 4.14. The van der Waals surface area contributed by atoms with Crippen molar-refractivity contribution in [2.75, 3.05) is 19.7 Å². The molecular formula is C17H18N2O5S. The van der Waals surface area contributed by atoms with Crippen molar-refractivity contribution in [3.05, 3.63) is 69.8 Å². The summed E-state index contributed by atoms with van der Waals surface area (Å²) in [6, 6.07) is 12.9. The molecular weight excluding hydrogens is 344 g/mol. The van der Waals surface area contributed by atoms with Gasteiger partial charge in [0.15, 0.2) is 0 Å². The van der Waals surface area contributed by atoms with Crippen LogP contribution in [0.5, 0.6) is 0 Å². The van der Waals surface area contributed by atoms with Crippen LogP contribution in [0.3, 0.4) is 0 Å². The van der Waals surface area contributed by atoms with Gasteiger partial charge in [0, 0.05) is 25.2 Å². The van der Waals surface area contributed by atoms with E-state index in [9.17, 15) is 18.5 Å². The van der Waals surface area contributed by atoms with E-state index in [0.717, 1.165) is 17.2 Å². The fourth-order valence-electron chi connectivity index (χ4n) is 2.73. The van der Waals surface area contributed by atoms with Gasteiger partial charge >= 0.3 is 0 Å². The molecule has 1 unspecified atom stereocenters. The van der Waals surface area contributed by atoms with E-state index in [2.05, 4.69) is 0 Å². The van der Waals surface area contributed by atoms with Crippen LogP contribution in [0, 0.1) is 17.0 Å². The van der Waals surface area contributed by atoms with Crippen molar-refractivity contribution >= 4 is 15.7 Å². The number of morpholine rings is 1. The molecule has 1 aliphatic heterocycles. The largest absolute Gasteiger partial charge is 0.371 e. The van der Waals surface area contributed by atoms with Crippen LogP contribution in [0.15, 0.2) is 53.4 Å². The highest BCUT2D eigenvalue weighted by Gasteiger charge is 2.32. The molecule has 7 nitrogen and oxygen atoms in total. The zero-order chi connectivity index (χ0) is 18.0. The van der Waals surface area contributed by atoms with Gasteiger partial charge in [-0.2, -0.15) is 4.31 Å². The monoisotopic (exact) mass is 362 g/mol. The van der Waals surface area contributed by atoms with Crippen LogP contribution in [0.2, 0.25) is 0 Å². The quantitative estimate of drug-likeness (QED) is 0.616. The smallest absolute Gasteiger partial charge is 0.270 e. The van der Waals surface area contributed by atoms with Crippen LogP contribution < -0.4 is 0 Å². The molecule has 8 heteroatoms. The van der Waals surface area contributed by atoms with E-state index in [0.29, 0.717) is 0 Å². The molecule has 3 rings (SSSR count). The van der Waals surface area contributed by atoms with Gasteiger partial charge in [0.25, 0.3) is 5.69 Å². The number of sulfonamides is 1. The number of nitro benzene ring substituents is 1. The van der Waals surface area contributed by atoms with Crippen LogP contribution >= 0.6 is 0 Å². The van der Waals surface area contributed by atoms with Crippen LogP contribution in [-0.4, -0.2) is 37.3 Å². The van der Waals surface area contributed by atoms with Gasteiger partial charge in [-0.25, -0.2) is 8.42 Å². The predicted octanol–water partition coefficient (Wildman–Crippen LogP) is 2.67. The summed E-state index contributed by atoms with van der Waals surface area (Å²) in [5, 5.41) is 10.9. The molecule has 0 amide bonds. The summed E-state index contributed by atoms with van der Waals surface area (Å²) in [6.45, 7) is 2.64. The average Bonchev–Trinajstić information content (AvgIpc) is 2.62. The van der Waals surface area contributed by atoms with Gasteiger partial charge in [-0.15, -0.1) is 0 Å². The van der Waals surface area contributed by atoms with Crippen LogP contribution in [0.4, 0.5) is 5.69 Å². The highest BCUT2D eigenvalue weighted by molar-refractivity contribution is 7.89. The lowest BCUT2D eigenvalue weighted by Crippen LogP contribution is -2.42. The first-order chi connectivity index (χ1) is 11.9. The Morgan fingerprint density at radius 2 is 1.92 bits per heavy atom. The Kier molecular flexibility index (Phi) is 4.85. The Morgan fingerprint density at radius 1 is 1.20 bits per heavy atom. The molecule has 1 saturated heterocycles. The number of rotatable bonds is 4. The Bertz CT molecular complexity index is 880. The van der Waals surface area contributed by atoms with E-state index in [-0.39, 0.29) is 36.4 Å². The molecule has 0 radical (unpaired) electrons. The maximum atomic E-state index is 12.8. The molecule has 0 spiro atoms. The lowest BCUT2D eigenvalue weighted by molar-refractivity contribution is -0.385. The van der Waals surface area contributed by atoms with Crippen molar-refractivity contribution in [1.82, 2.24) is 4.31 Å². The molecule has 0 aliphatic carbocycles. The third-order valence-corrected chi connectivity index (χ3v) is 6.01. The van der Waals surface area contributed by atoms with Gasteiger partial charge in [0.05, 0.1) is 22.5 Å². The SMILES string of the molecule is Cc1ccc(C2CN(S(=O)(=O)c3cccc([N+](=O)[O-])c3)CCO2)cc1. The minimum atomic E-state index is -3.82. The zero-order valence-electron chi connectivity index (χ0n) is 13.7. The first-order valence-electron chi connectivity index (χ1n) is 7.81. The topological polar surface area (TPSA) is 89.8 Å². The number of non-ortho nitro benzene ring substituents is 1. The summed E-state index contributed by atoms with van der Waals surface area (Å²) in [7, 11) is -3.82. The first-order valence-corrected chi connectivity index (χ1v) is 9.25. The van der Waals surface area contributed by atoms with E-state index in [4.69, 9.17) is 4.74 Å². The van der Waals surface area contributed by atoms with Gasteiger partial charge in [-0.1, -0.05) is 35.9 Å². The molecule has 1 atom stereocenters. The molecule has 0 saturated carbocycles. The third kappa shape index (κ3) is 3.71. The summed E-state index contributed by atoms with van der Waals surface area (Å²) in [5.74, 6) is 0. The fraction of sp³-hybridized carbons (Fsp3) is 0.294. The van der Waals surface area contributed by atoms with Crippen LogP contribution in [-0.2, 0) is 14.8 Å². The highest BCUT2D eigenvalue weighted by Crippen LogP contribution is 2.28. The van der Waals surface area contributed by atoms with Gasteiger partial charge in [0.1, 0.15) is 0 Å². The van der Waals surface area contributed by atoms with Crippen molar-refractivity contribution in [1.29, 1.82) is 0 Å². The molecule has 25 heavy (non-hydrogen) atoms. The van der Waals surface area contributed by atoms with Crippen molar-refractivity contribution < 1.29 is 18.1 Å². The molecule has 0 bridgehead atoms. The van der Waals surface area contributed by atoms with E-state index >= 15 is 0 Å². The summed E-state index contributed by atoms with van der Waals surface area (Å²) in [6.07, 6.45) is -0.358. The highest BCUT2D eigenvalue weighted by atomic mass is 32.2. The van der Waals surface area contributed by atoms with E-state index in [1.54, 1.807) is 0 Å². The van der Waals surface area contributed by atoms with E-state index < -0.39 is 14.9 Å². The van der Waals surface area contributed by atoms with Gasteiger partial charge in [-0.05, 0) is 18.6 Å². The zero-order valence-corrected chi connectivity index (χ0v) is 14.5. The fourth-order valence-corrected chi connectivity index (χ4v) is 4.20. The van der Waals surface area contributed by atoms with Crippen LogP contribution in [0.1, 0.15) is 17.2 Å². The maximum absolute atomic E-state index is 12.8. The molecule has 1 fully saturated rings. The van der Waals surface area contributed by atoms with Gasteiger partial charge in [0.2, 0.25) is 10.0 Å². The molecule has 1 aliphatic rings. The number of hydrogen-bond donors (Lipinski definition) is 0. The number of ether oxygens (including phenoxy) is 1. The molecule has 132 valence electrons. The first kappa shape index (κ1) is 17.5. The summed E-state index contributed by atoms with van der Waals surface area (Å²) in [4.78, 5) is 10.2. The number of hydrogen-bond acceptors (Lipinski definition) is 5. The number of nitro groups is 1. The maximum Gasteiger partial charge on any atom is 0.270 e. The molecule has 2 aromatic carbocycles. The average molecular weight is 362 g/mol. The Hall–Kier alpha value is -2.29. The lowest BCUT2D eigenvalue weighted by atomic mass is 10.1. The van der Waals surface area contributed by atoms with Gasteiger partial charge in [-0.3, -0.25) is 10.1 Å². The molecule has 1 heterocycles. The summed E-state index contributed by atoms with van der Waals surface area (Å²) < 4.78 is 32.7. The Morgan fingerprint density at radius 3 is 2.60 bits per heavy atom. The van der Waals surface area contributed by atoms with E-state index in [1.807, 2.05) is 31.2 Å². The summed E-state index contributed by atoms with van der Waals surface area (Å²) >= 11 is 0. The lowest BCUT2D eigenvalue weighted by Gasteiger charge is -2.32. The molecule has 0 aromatic heterocycles. The number of nitrogens with zero attached hydrogens (tertiary/aromatic N) is 2.